The lowest BCUT2D eigenvalue weighted by Crippen LogP contribution is -2.27. The minimum absolute atomic E-state index is 0.667. The first-order valence-corrected chi connectivity index (χ1v) is 5.90. The molecule has 3 heteroatoms. The summed E-state index contributed by atoms with van der Waals surface area (Å²) in [5, 5.41) is 1.17. The van der Waals surface area contributed by atoms with Gasteiger partial charge in [-0.25, -0.2) is 4.98 Å². The Hall–Kier alpha value is -0.670. The Morgan fingerprint density at radius 1 is 1.57 bits per heavy atom. The summed E-state index contributed by atoms with van der Waals surface area (Å²) in [6.45, 7) is 3.32. The van der Waals surface area contributed by atoms with Crippen LogP contribution in [0.25, 0.3) is 5.57 Å². The molecule has 14 heavy (non-hydrogen) atoms. The average molecular weight is 206 g/mol. The van der Waals surface area contributed by atoms with Gasteiger partial charge >= 0.3 is 0 Å². The molecule has 0 spiro atoms. The number of aromatic nitrogens is 1. The van der Waals surface area contributed by atoms with Gasteiger partial charge in [0.05, 0.1) is 9.88 Å². The van der Waals surface area contributed by atoms with Crippen LogP contribution in [-0.4, -0.2) is 29.5 Å². The third kappa shape index (κ3) is 1.16. The SMILES string of the molecule is Cc1ncc(C2=CC3CC2N(C)C3)s1. The van der Waals surface area contributed by atoms with Crippen LogP contribution in [0.4, 0.5) is 0 Å². The van der Waals surface area contributed by atoms with Crippen molar-refractivity contribution in [1.82, 2.24) is 9.88 Å². The molecule has 2 atom stereocenters. The van der Waals surface area contributed by atoms with Gasteiger partial charge in [0.1, 0.15) is 0 Å². The second kappa shape index (κ2) is 2.91. The van der Waals surface area contributed by atoms with E-state index in [1.807, 2.05) is 17.5 Å². The van der Waals surface area contributed by atoms with E-state index in [0.717, 1.165) is 5.92 Å². The lowest BCUT2D eigenvalue weighted by Gasteiger charge is -2.22. The molecule has 0 saturated carbocycles. The van der Waals surface area contributed by atoms with Gasteiger partial charge in [0, 0.05) is 18.8 Å². The molecule has 0 aromatic carbocycles. The van der Waals surface area contributed by atoms with Crippen molar-refractivity contribution < 1.29 is 0 Å². The molecule has 2 heterocycles. The largest absolute Gasteiger partial charge is 0.299 e. The van der Waals surface area contributed by atoms with Gasteiger partial charge in [-0.05, 0) is 31.9 Å². The molecular weight excluding hydrogens is 192 g/mol. The summed E-state index contributed by atoms with van der Waals surface area (Å²) in [5.41, 5.74) is 1.52. The first kappa shape index (κ1) is 8.62. The molecule has 2 aliphatic rings. The zero-order valence-electron chi connectivity index (χ0n) is 8.53. The monoisotopic (exact) mass is 206 g/mol. The molecule has 1 fully saturated rings. The first-order chi connectivity index (χ1) is 6.74. The van der Waals surface area contributed by atoms with Crippen molar-refractivity contribution in [3.8, 4) is 0 Å². The number of thiazole rings is 1. The molecule has 1 aliphatic heterocycles. The number of hydrogen-bond donors (Lipinski definition) is 0. The van der Waals surface area contributed by atoms with E-state index in [2.05, 4.69) is 29.9 Å². The van der Waals surface area contributed by atoms with Crippen molar-refractivity contribution in [3.63, 3.8) is 0 Å². The molecule has 1 aromatic heterocycles. The van der Waals surface area contributed by atoms with Gasteiger partial charge in [-0.3, -0.25) is 4.90 Å². The normalized spacial score (nSPS) is 31.1. The highest BCUT2D eigenvalue weighted by Crippen LogP contribution is 2.42. The third-order valence-corrected chi connectivity index (χ3v) is 4.22. The molecule has 2 unspecified atom stereocenters. The van der Waals surface area contributed by atoms with Crippen molar-refractivity contribution in [2.75, 3.05) is 13.6 Å². The number of aryl methyl sites for hydroxylation is 1. The predicted molar refractivity (Wildman–Crippen MR) is 59.4 cm³/mol. The lowest BCUT2D eigenvalue weighted by atomic mass is 10.1. The summed E-state index contributed by atoms with van der Waals surface area (Å²) in [6, 6.07) is 0.667. The highest BCUT2D eigenvalue weighted by Gasteiger charge is 2.37. The summed E-state index contributed by atoms with van der Waals surface area (Å²) >= 11 is 1.82. The van der Waals surface area contributed by atoms with Crippen LogP contribution in [-0.2, 0) is 0 Å². The summed E-state index contributed by atoms with van der Waals surface area (Å²) in [7, 11) is 2.23. The minimum Gasteiger partial charge on any atom is -0.299 e. The molecule has 1 saturated heterocycles. The Morgan fingerprint density at radius 2 is 2.43 bits per heavy atom. The van der Waals surface area contributed by atoms with Gasteiger partial charge < -0.3 is 0 Å². The van der Waals surface area contributed by atoms with Crippen LogP contribution >= 0.6 is 11.3 Å². The maximum atomic E-state index is 4.33. The Morgan fingerprint density at radius 3 is 3.00 bits per heavy atom. The molecule has 0 N–H and O–H groups in total. The Labute approximate surface area is 88.3 Å². The van der Waals surface area contributed by atoms with Crippen molar-refractivity contribution >= 4 is 16.9 Å². The molecule has 2 bridgehead atoms. The van der Waals surface area contributed by atoms with Crippen LogP contribution in [0.5, 0.6) is 0 Å². The highest BCUT2D eigenvalue weighted by molar-refractivity contribution is 7.12. The number of hydrogen-bond acceptors (Lipinski definition) is 3. The number of likely N-dealkylation sites (N-methyl/N-ethyl adjacent to an activating group) is 1. The van der Waals surface area contributed by atoms with E-state index in [1.54, 1.807) is 0 Å². The number of fused-ring (bicyclic) bond motifs is 2. The van der Waals surface area contributed by atoms with E-state index >= 15 is 0 Å². The zero-order chi connectivity index (χ0) is 9.71. The predicted octanol–water partition coefficient (Wildman–Crippen LogP) is 2.17. The van der Waals surface area contributed by atoms with Crippen LogP contribution in [0.3, 0.4) is 0 Å². The van der Waals surface area contributed by atoms with E-state index in [0.29, 0.717) is 6.04 Å². The summed E-state index contributed by atoms with van der Waals surface area (Å²) in [6.07, 6.45) is 5.81. The number of likely N-dealkylation sites (tertiary alicyclic amines) is 1. The lowest BCUT2D eigenvalue weighted by molar-refractivity contribution is 0.353. The van der Waals surface area contributed by atoms with Crippen LogP contribution in [0.2, 0.25) is 0 Å². The fourth-order valence-electron chi connectivity index (χ4n) is 2.63. The highest BCUT2D eigenvalue weighted by atomic mass is 32.1. The summed E-state index contributed by atoms with van der Waals surface area (Å²) < 4.78 is 0. The maximum Gasteiger partial charge on any atom is 0.0900 e. The molecule has 0 amide bonds. The number of nitrogens with zero attached hydrogens (tertiary/aromatic N) is 2. The van der Waals surface area contributed by atoms with Crippen LogP contribution in [0.1, 0.15) is 16.3 Å². The van der Waals surface area contributed by atoms with Crippen LogP contribution in [0.15, 0.2) is 12.3 Å². The van der Waals surface area contributed by atoms with Crippen molar-refractivity contribution in [2.45, 2.75) is 19.4 Å². The molecular formula is C11H14N2S. The van der Waals surface area contributed by atoms with Gasteiger partial charge in [-0.1, -0.05) is 6.08 Å². The Balaban J connectivity index is 1.97. The van der Waals surface area contributed by atoms with Crippen molar-refractivity contribution in [3.05, 3.63) is 22.2 Å². The van der Waals surface area contributed by atoms with E-state index in [4.69, 9.17) is 0 Å². The minimum atomic E-state index is 0.667. The molecule has 1 aromatic rings. The average Bonchev–Trinajstić information content (AvgIpc) is 2.77. The molecule has 3 rings (SSSR count). The van der Waals surface area contributed by atoms with Gasteiger partial charge in [-0.15, -0.1) is 11.3 Å². The Kier molecular flexibility index (Phi) is 1.79. The molecule has 74 valence electrons. The van der Waals surface area contributed by atoms with Crippen molar-refractivity contribution in [1.29, 1.82) is 0 Å². The maximum absolute atomic E-state index is 4.33. The van der Waals surface area contributed by atoms with Gasteiger partial charge in [0.15, 0.2) is 0 Å². The number of rotatable bonds is 1. The van der Waals surface area contributed by atoms with Gasteiger partial charge in [0.2, 0.25) is 0 Å². The molecule has 1 aliphatic carbocycles. The van der Waals surface area contributed by atoms with E-state index in [1.165, 1.54) is 28.4 Å². The summed E-state index contributed by atoms with van der Waals surface area (Å²) in [4.78, 5) is 8.17. The second-order valence-electron chi connectivity index (χ2n) is 4.32. The fourth-order valence-corrected chi connectivity index (χ4v) is 3.48. The molecule has 0 radical (unpaired) electrons. The fraction of sp³-hybridized carbons (Fsp3) is 0.545. The van der Waals surface area contributed by atoms with Gasteiger partial charge in [0.25, 0.3) is 0 Å². The van der Waals surface area contributed by atoms with Gasteiger partial charge in [-0.2, -0.15) is 0 Å². The van der Waals surface area contributed by atoms with Crippen molar-refractivity contribution in [2.24, 2.45) is 5.92 Å². The van der Waals surface area contributed by atoms with E-state index in [9.17, 15) is 0 Å². The molecule has 2 nitrogen and oxygen atoms in total. The van der Waals surface area contributed by atoms with E-state index < -0.39 is 0 Å². The topological polar surface area (TPSA) is 16.1 Å². The Bertz CT molecular complexity index is 394. The van der Waals surface area contributed by atoms with Crippen LogP contribution in [0, 0.1) is 12.8 Å². The standard InChI is InChI=1S/C11H14N2S/c1-7-12-5-11(14-7)9-3-8-4-10(9)13(2)6-8/h3,5,8,10H,4,6H2,1-2H3. The first-order valence-electron chi connectivity index (χ1n) is 5.09. The second-order valence-corrected chi connectivity index (χ2v) is 5.55. The summed E-state index contributed by atoms with van der Waals surface area (Å²) in [5.74, 6) is 0.794. The zero-order valence-corrected chi connectivity index (χ0v) is 9.34. The third-order valence-electron chi connectivity index (χ3n) is 3.26. The van der Waals surface area contributed by atoms with Crippen LogP contribution < -0.4 is 0 Å². The quantitative estimate of drug-likeness (QED) is 0.700. The van der Waals surface area contributed by atoms with E-state index in [-0.39, 0.29) is 0 Å². The smallest absolute Gasteiger partial charge is 0.0900 e.